The molecule has 196 valence electrons. The number of alkyl carbamates (subject to hydrolysis) is 1. The number of amides is 2. The molecular weight excluding hydrogens is 486 g/mol. The predicted octanol–water partition coefficient (Wildman–Crippen LogP) is 4.02. The summed E-state index contributed by atoms with van der Waals surface area (Å²) in [6.45, 7) is 2.36. The number of rotatable bonds is 6. The molecule has 3 aromatic carbocycles. The summed E-state index contributed by atoms with van der Waals surface area (Å²) in [5.74, 6) is 1.11. The van der Waals surface area contributed by atoms with Gasteiger partial charge < -0.3 is 29.3 Å². The van der Waals surface area contributed by atoms with Gasteiger partial charge in [0.05, 0.1) is 18.9 Å². The van der Waals surface area contributed by atoms with Crippen LogP contribution in [-0.2, 0) is 21.0 Å². The topological polar surface area (TPSA) is 98.7 Å². The van der Waals surface area contributed by atoms with Crippen LogP contribution in [0.15, 0.2) is 65.8 Å². The van der Waals surface area contributed by atoms with Crippen molar-refractivity contribution < 1.29 is 28.6 Å². The lowest BCUT2D eigenvalue weighted by Gasteiger charge is -2.37. The Balaban J connectivity index is 1.03. The zero-order valence-corrected chi connectivity index (χ0v) is 21.0. The number of oxime groups is 1. The van der Waals surface area contributed by atoms with Crippen molar-refractivity contribution in [1.82, 2.24) is 10.2 Å². The second kappa shape index (κ2) is 10.2. The minimum atomic E-state index is -0.483. The standard InChI is InChI=1S/C29H29N3O6/c33-27(32-12-10-29(11-13-32)19-30-28(34)38-29)18-36-23-7-8-24-25(9-14-35-26(24)16-23)31-37-17-20-5-6-21-3-1-2-4-22(21)15-20/h1-8,15-16H,9-14,17-19H2,(H,30,34)/b31-25-. The molecular formula is C29H29N3O6. The number of carbonyl (C=O) groups excluding carboxylic acids is 2. The Hall–Kier alpha value is -4.27. The van der Waals surface area contributed by atoms with Crippen molar-refractivity contribution in [3.8, 4) is 11.5 Å². The highest BCUT2D eigenvalue weighted by molar-refractivity contribution is 6.03. The zero-order valence-electron chi connectivity index (χ0n) is 21.0. The molecule has 2 amide bonds. The normalized spacial score (nSPS) is 19.0. The molecule has 2 saturated heterocycles. The molecule has 3 aromatic rings. The fraction of sp³-hybridized carbons (Fsp3) is 0.345. The van der Waals surface area contributed by atoms with Crippen LogP contribution in [0.5, 0.6) is 11.5 Å². The van der Waals surface area contributed by atoms with E-state index in [1.54, 1.807) is 11.0 Å². The average molecular weight is 516 g/mol. The van der Waals surface area contributed by atoms with Gasteiger partial charge >= 0.3 is 6.09 Å². The average Bonchev–Trinajstić information content (AvgIpc) is 3.31. The van der Waals surface area contributed by atoms with Gasteiger partial charge in [-0.25, -0.2) is 4.79 Å². The second-order valence-electron chi connectivity index (χ2n) is 9.84. The van der Waals surface area contributed by atoms with E-state index in [0.29, 0.717) is 63.6 Å². The van der Waals surface area contributed by atoms with E-state index < -0.39 is 5.60 Å². The highest BCUT2D eigenvalue weighted by atomic mass is 16.6. The van der Waals surface area contributed by atoms with Crippen LogP contribution in [0.1, 0.15) is 30.4 Å². The molecule has 0 saturated carbocycles. The van der Waals surface area contributed by atoms with Crippen LogP contribution in [0.2, 0.25) is 0 Å². The first-order valence-corrected chi connectivity index (χ1v) is 12.9. The number of hydrogen-bond donors (Lipinski definition) is 1. The molecule has 0 aliphatic carbocycles. The molecule has 3 aliphatic heterocycles. The maximum absolute atomic E-state index is 12.7. The Labute approximate surface area is 220 Å². The number of likely N-dealkylation sites (tertiary alicyclic amines) is 1. The fourth-order valence-electron chi connectivity index (χ4n) is 5.13. The third-order valence-corrected chi connectivity index (χ3v) is 7.33. The monoisotopic (exact) mass is 515 g/mol. The lowest BCUT2D eigenvalue weighted by atomic mass is 9.91. The van der Waals surface area contributed by atoms with E-state index in [9.17, 15) is 9.59 Å². The maximum Gasteiger partial charge on any atom is 0.407 e. The van der Waals surface area contributed by atoms with E-state index in [2.05, 4.69) is 34.7 Å². The van der Waals surface area contributed by atoms with Crippen LogP contribution in [0.4, 0.5) is 4.79 Å². The summed E-state index contributed by atoms with van der Waals surface area (Å²) >= 11 is 0. The van der Waals surface area contributed by atoms with Gasteiger partial charge in [0.1, 0.15) is 23.7 Å². The third-order valence-electron chi connectivity index (χ3n) is 7.33. The van der Waals surface area contributed by atoms with Gasteiger partial charge in [-0.3, -0.25) is 4.79 Å². The third kappa shape index (κ3) is 5.09. The molecule has 3 heterocycles. The number of benzene rings is 3. The van der Waals surface area contributed by atoms with E-state index >= 15 is 0 Å². The van der Waals surface area contributed by atoms with Crippen molar-refractivity contribution in [3.63, 3.8) is 0 Å². The summed E-state index contributed by atoms with van der Waals surface area (Å²) < 4.78 is 17.0. The molecule has 1 N–H and O–H groups in total. The van der Waals surface area contributed by atoms with Gasteiger partial charge in [0.15, 0.2) is 6.61 Å². The molecule has 9 heteroatoms. The van der Waals surface area contributed by atoms with Crippen molar-refractivity contribution in [3.05, 3.63) is 71.8 Å². The number of hydrogen-bond acceptors (Lipinski definition) is 7. The quantitative estimate of drug-likeness (QED) is 0.498. The first kappa shape index (κ1) is 24.1. The van der Waals surface area contributed by atoms with Crippen molar-refractivity contribution >= 4 is 28.5 Å². The van der Waals surface area contributed by atoms with E-state index in [4.69, 9.17) is 19.0 Å². The minimum absolute atomic E-state index is 0.0698. The van der Waals surface area contributed by atoms with Gasteiger partial charge in [0.2, 0.25) is 0 Å². The number of fused-ring (bicyclic) bond motifs is 2. The molecule has 0 bridgehead atoms. The number of ether oxygens (including phenoxy) is 3. The Morgan fingerprint density at radius 2 is 1.89 bits per heavy atom. The number of nitrogens with zero attached hydrogens (tertiary/aromatic N) is 2. The molecule has 9 nitrogen and oxygen atoms in total. The molecule has 1 spiro atoms. The Morgan fingerprint density at radius 3 is 2.71 bits per heavy atom. The van der Waals surface area contributed by atoms with Crippen LogP contribution in [0.3, 0.4) is 0 Å². The smallest absolute Gasteiger partial charge is 0.407 e. The molecule has 0 aromatic heterocycles. The molecule has 0 atom stereocenters. The van der Waals surface area contributed by atoms with Crippen LogP contribution in [0.25, 0.3) is 10.8 Å². The molecule has 0 unspecified atom stereocenters. The lowest BCUT2D eigenvalue weighted by Crippen LogP contribution is -2.49. The molecule has 6 rings (SSSR count). The van der Waals surface area contributed by atoms with Crippen molar-refractivity contribution in [2.45, 2.75) is 31.5 Å². The van der Waals surface area contributed by atoms with E-state index in [1.807, 2.05) is 30.3 Å². The van der Waals surface area contributed by atoms with Gasteiger partial charge in [-0.1, -0.05) is 41.6 Å². The van der Waals surface area contributed by atoms with Crippen LogP contribution < -0.4 is 14.8 Å². The highest BCUT2D eigenvalue weighted by Crippen LogP contribution is 2.31. The summed E-state index contributed by atoms with van der Waals surface area (Å²) in [5, 5.41) is 9.47. The van der Waals surface area contributed by atoms with Gasteiger partial charge in [0, 0.05) is 44.0 Å². The van der Waals surface area contributed by atoms with Crippen molar-refractivity contribution in [1.29, 1.82) is 0 Å². The van der Waals surface area contributed by atoms with Gasteiger partial charge in [-0.05, 0) is 34.5 Å². The van der Waals surface area contributed by atoms with Crippen LogP contribution in [0, 0.1) is 0 Å². The molecule has 3 aliphatic rings. The van der Waals surface area contributed by atoms with Crippen LogP contribution in [-0.4, -0.2) is 61.1 Å². The SMILES string of the molecule is O=C1NCC2(CCN(C(=O)COc3ccc4c(c3)OCC/C4=N/OCc3ccc4ccccc4c3)CC2)O1. The van der Waals surface area contributed by atoms with Gasteiger partial charge in [-0.2, -0.15) is 0 Å². The van der Waals surface area contributed by atoms with E-state index in [1.165, 1.54) is 10.8 Å². The largest absolute Gasteiger partial charge is 0.492 e. The zero-order chi connectivity index (χ0) is 26.0. The van der Waals surface area contributed by atoms with Crippen molar-refractivity contribution in [2.75, 3.05) is 32.8 Å². The van der Waals surface area contributed by atoms with Gasteiger partial charge in [-0.15, -0.1) is 0 Å². The first-order chi connectivity index (χ1) is 18.6. The molecule has 38 heavy (non-hydrogen) atoms. The second-order valence-corrected chi connectivity index (χ2v) is 9.84. The van der Waals surface area contributed by atoms with Crippen LogP contribution >= 0.6 is 0 Å². The molecule has 0 radical (unpaired) electrons. The summed E-state index contributed by atoms with van der Waals surface area (Å²) in [5.41, 5.74) is 2.25. The highest BCUT2D eigenvalue weighted by Gasteiger charge is 2.43. The lowest BCUT2D eigenvalue weighted by molar-refractivity contribution is -0.136. The van der Waals surface area contributed by atoms with E-state index in [-0.39, 0.29) is 18.6 Å². The summed E-state index contributed by atoms with van der Waals surface area (Å²) in [7, 11) is 0. The first-order valence-electron chi connectivity index (χ1n) is 12.9. The Morgan fingerprint density at radius 1 is 1.05 bits per heavy atom. The maximum atomic E-state index is 12.7. The van der Waals surface area contributed by atoms with Gasteiger partial charge in [0.25, 0.3) is 5.91 Å². The predicted molar refractivity (Wildman–Crippen MR) is 140 cm³/mol. The molecule has 2 fully saturated rings. The summed E-state index contributed by atoms with van der Waals surface area (Å²) in [4.78, 5) is 31.6. The fourth-order valence-corrected chi connectivity index (χ4v) is 5.13. The van der Waals surface area contributed by atoms with E-state index in [0.717, 1.165) is 16.8 Å². The summed E-state index contributed by atoms with van der Waals surface area (Å²) in [6, 6.07) is 20.0. The Kier molecular flexibility index (Phi) is 6.49. The number of nitrogens with one attached hydrogen (secondary N) is 1. The summed E-state index contributed by atoms with van der Waals surface area (Å²) in [6.07, 6.45) is 1.50. The number of piperidine rings is 1. The van der Waals surface area contributed by atoms with Crippen molar-refractivity contribution in [2.24, 2.45) is 5.16 Å². The number of carbonyl (C=O) groups is 2. The minimum Gasteiger partial charge on any atom is -0.492 e. The Bertz CT molecular complexity index is 1400.